The third kappa shape index (κ3) is 5.06. The molecular formula is C27H28ClF3N6O2. The highest BCUT2D eigenvalue weighted by molar-refractivity contribution is 6.36. The predicted molar refractivity (Wildman–Crippen MR) is 139 cm³/mol. The Morgan fingerprint density at radius 3 is 2.49 bits per heavy atom. The normalized spacial score (nSPS) is 16.9. The van der Waals surface area contributed by atoms with Gasteiger partial charge in [-0.05, 0) is 67.2 Å². The Kier molecular flexibility index (Phi) is 7.25. The fourth-order valence-corrected chi connectivity index (χ4v) is 5.40. The highest BCUT2D eigenvalue weighted by Gasteiger charge is 2.40. The zero-order valence-electron chi connectivity index (χ0n) is 21.7. The molecule has 1 atom stereocenters. The van der Waals surface area contributed by atoms with Crippen molar-refractivity contribution >= 4 is 22.5 Å². The van der Waals surface area contributed by atoms with Gasteiger partial charge in [0.1, 0.15) is 5.69 Å². The number of likely N-dealkylation sites (tertiary alicyclic amines) is 1. The van der Waals surface area contributed by atoms with Crippen molar-refractivity contribution in [3.63, 3.8) is 0 Å². The van der Waals surface area contributed by atoms with Crippen LogP contribution in [0.1, 0.15) is 47.8 Å². The second-order valence-electron chi connectivity index (χ2n) is 9.98. The Labute approximate surface area is 228 Å². The zero-order valence-corrected chi connectivity index (χ0v) is 22.5. The van der Waals surface area contributed by atoms with Gasteiger partial charge in [0.25, 0.3) is 0 Å². The number of pyridine rings is 2. The molecule has 0 radical (unpaired) electrons. The molecule has 5 rings (SSSR count). The quantitative estimate of drug-likeness (QED) is 0.357. The standard InChI is InChI=1S/C27H28ClF3N6O2/c1-16-7-10-37(11-8-16)15-20-24(28)19-12-17(4-5-21(19)34-25(20)39-3)26(38,23-14-33-35-36(23)2)18-6-9-32-22(13-18)27(29,30)31/h4-6,9,12-14,16,38H,7-8,10-11,15H2,1-3H3. The summed E-state index contributed by atoms with van der Waals surface area (Å²) in [6.45, 7) is 4.63. The summed E-state index contributed by atoms with van der Waals surface area (Å²) in [5, 5.41) is 20.9. The van der Waals surface area contributed by atoms with Crippen LogP contribution in [0.2, 0.25) is 5.02 Å². The number of hydrogen-bond acceptors (Lipinski definition) is 7. The molecule has 8 nitrogen and oxygen atoms in total. The van der Waals surface area contributed by atoms with Gasteiger partial charge >= 0.3 is 6.18 Å². The van der Waals surface area contributed by atoms with Gasteiger partial charge in [-0.25, -0.2) is 9.67 Å². The number of aromatic nitrogens is 5. The number of aliphatic hydroxyl groups is 1. The Bertz CT molecular complexity index is 1500. The molecule has 12 heteroatoms. The van der Waals surface area contributed by atoms with Crippen LogP contribution in [0.25, 0.3) is 10.9 Å². The molecule has 1 fully saturated rings. The molecule has 206 valence electrons. The summed E-state index contributed by atoms with van der Waals surface area (Å²) >= 11 is 6.97. The zero-order chi connectivity index (χ0) is 27.9. The van der Waals surface area contributed by atoms with Crippen molar-refractivity contribution in [3.05, 3.63) is 75.8 Å². The summed E-state index contributed by atoms with van der Waals surface area (Å²) in [7, 11) is 3.09. The minimum atomic E-state index is -4.70. The lowest BCUT2D eigenvalue weighted by molar-refractivity contribution is -0.141. The van der Waals surface area contributed by atoms with Crippen LogP contribution in [0.3, 0.4) is 0 Å². The molecule has 0 aliphatic carbocycles. The van der Waals surface area contributed by atoms with E-state index in [-0.39, 0.29) is 16.8 Å². The van der Waals surface area contributed by atoms with E-state index in [1.807, 2.05) is 0 Å². The lowest BCUT2D eigenvalue weighted by Gasteiger charge is -2.31. The number of benzene rings is 1. The van der Waals surface area contributed by atoms with Gasteiger partial charge in [-0.3, -0.25) is 9.88 Å². The van der Waals surface area contributed by atoms with Gasteiger partial charge in [0, 0.05) is 30.7 Å². The number of rotatable bonds is 6. The Morgan fingerprint density at radius 2 is 1.85 bits per heavy atom. The molecule has 1 aromatic carbocycles. The molecule has 1 aliphatic rings. The number of halogens is 4. The molecule has 1 saturated heterocycles. The van der Waals surface area contributed by atoms with E-state index in [4.69, 9.17) is 16.3 Å². The topological polar surface area (TPSA) is 89.2 Å². The van der Waals surface area contributed by atoms with Crippen molar-refractivity contribution in [3.8, 4) is 5.88 Å². The molecule has 0 amide bonds. The van der Waals surface area contributed by atoms with Crippen molar-refractivity contribution in [1.82, 2.24) is 29.9 Å². The van der Waals surface area contributed by atoms with E-state index >= 15 is 0 Å². The number of hydrogen-bond donors (Lipinski definition) is 1. The Morgan fingerprint density at radius 1 is 1.13 bits per heavy atom. The summed E-state index contributed by atoms with van der Waals surface area (Å²) in [5.41, 5.74) is -1.55. The van der Waals surface area contributed by atoms with Gasteiger partial charge in [-0.2, -0.15) is 13.2 Å². The van der Waals surface area contributed by atoms with E-state index in [0.717, 1.165) is 38.2 Å². The average Bonchev–Trinajstić information content (AvgIpc) is 3.36. The van der Waals surface area contributed by atoms with Crippen LogP contribution in [-0.2, 0) is 25.4 Å². The summed E-state index contributed by atoms with van der Waals surface area (Å²) < 4.78 is 47.6. The van der Waals surface area contributed by atoms with Gasteiger partial charge in [0.05, 0.1) is 29.5 Å². The summed E-state index contributed by atoms with van der Waals surface area (Å²) in [5.74, 6) is 1.08. The third-order valence-corrected chi connectivity index (χ3v) is 7.83. The second kappa shape index (κ2) is 10.4. The van der Waals surface area contributed by atoms with Crippen LogP contribution in [0.15, 0.2) is 42.7 Å². The fraction of sp³-hybridized carbons (Fsp3) is 0.407. The molecule has 1 unspecified atom stereocenters. The largest absolute Gasteiger partial charge is 0.481 e. The van der Waals surface area contributed by atoms with E-state index in [2.05, 4.69) is 32.1 Å². The minimum absolute atomic E-state index is 0.0465. The molecule has 0 spiro atoms. The first-order chi connectivity index (χ1) is 18.5. The van der Waals surface area contributed by atoms with Gasteiger partial charge < -0.3 is 9.84 Å². The van der Waals surface area contributed by atoms with Crippen LogP contribution in [0.4, 0.5) is 13.2 Å². The summed E-state index contributed by atoms with van der Waals surface area (Å²) in [6.07, 6.45) is -0.194. The number of ether oxygens (including phenoxy) is 1. The third-order valence-electron chi connectivity index (χ3n) is 7.40. The highest BCUT2D eigenvalue weighted by atomic mass is 35.5. The molecule has 1 N–H and O–H groups in total. The highest BCUT2D eigenvalue weighted by Crippen LogP contribution is 2.41. The van der Waals surface area contributed by atoms with E-state index in [1.54, 1.807) is 25.2 Å². The van der Waals surface area contributed by atoms with Crippen LogP contribution in [0.5, 0.6) is 5.88 Å². The maximum Gasteiger partial charge on any atom is 0.433 e. The molecule has 0 bridgehead atoms. The van der Waals surface area contributed by atoms with Crippen LogP contribution in [-0.4, -0.2) is 55.2 Å². The van der Waals surface area contributed by atoms with Crippen LogP contribution in [0, 0.1) is 5.92 Å². The molecule has 4 heterocycles. The minimum Gasteiger partial charge on any atom is -0.481 e. The second-order valence-corrected chi connectivity index (χ2v) is 10.4. The molecule has 0 saturated carbocycles. The van der Waals surface area contributed by atoms with E-state index in [1.165, 1.54) is 24.1 Å². The van der Waals surface area contributed by atoms with E-state index in [0.29, 0.717) is 39.8 Å². The Balaban J connectivity index is 1.67. The summed E-state index contributed by atoms with van der Waals surface area (Å²) in [6, 6.07) is 7.06. The first kappa shape index (κ1) is 27.3. The maximum absolute atomic E-state index is 13.6. The van der Waals surface area contributed by atoms with Gasteiger partial charge in [0.15, 0.2) is 5.60 Å². The SMILES string of the molecule is COc1nc2ccc(C(O)(c3ccnc(C(F)(F)F)c3)c3cnnn3C)cc2c(Cl)c1CN1CCC(C)CC1. The van der Waals surface area contributed by atoms with Crippen molar-refractivity contribution < 1.29 is 23.0 Å². The monoisotopic (exact) mass is 560 g/mol. The van der Waals surface area contributed by atoms with Crippen LogP contribution >= 0.6 is 11.6 Å². The predicted octanol–water partition coefficient (Wildman–Crippen LogP) is 4.96. The lowest BCUT2D eigenvalue weighted by atomic mass is 9.83. The number of nitrogens with zero attached hydrogens (tertiary/aromatic N) is 6. The number of alkyl halides is 3. The van der Waals surface area contributed by atoms with Crippen molar-refractivity contribution in [2.75, 3.05) is 20.2 Å². The average molecular weight is 561 g/mol. The lowest BCUT2D eigenvalue weighted by Crippen LogP contribution is -2.32. The van der Waals surface area contributed by atoms with Gasteiger partial charge in [-0.15, -0.1) is 5.10 Å². The van der Waals surface area contributed by atoms with Crippen molar-refractivity contribution in [1.29, 1.82) is 0 Å². The molecule has 4 aromatic rings. The molecule has 39 heavy (non-hydrogen) atoms. The molecule has 3 aromatic heterocycles. The number of piperidine rings is 1. The molecule has 1 aliphatic heterocycles. The number of aryl methyl sites for hydroxylation is 1. The van der Waals surface area contributed by atoms with Crippen molar-refractivity contribution in [2.45, 2.75) is 38.1 Å². The number of fused-ring (bicyclic) bond motifs is 1. The van der Waals surface area contributed by atoms with Crippen molar-refractivity contribution in [2.24, 2.45) is 13.0 Å². The van der Waals surface area contributed by atoms with Gasteiger partial charge in [0.2, 0.25) is 5.88 Å². The molecular weight excluding hydrogens is 533 g/mol. The Hall–Kier alpha value is -3.28. The fourth-order valence-electron chi connectivity index (χ4n) is 5.11. The first-order valence-electron chi connectivity index (χ1n) is 12.5. The number of methoxy groups -OCH3 is 1. The smallest absolute Gasteiger partial charge is 0.433 e. The van der Waals surface area contributed by atoms with E-state index in [9.17, 15) is 18.3 Å². The van der Waals surface area contributed by atoms with E-state index < -0.39 is 17.5 Å². The maximum atomic E-state index is 13.6. The summed E-state index contributed by atoms with van der Waals surface area (Å²) in [4.78, 5) is 10.4. The van der Waals surface area contributed by atoms with Crippen LogP contribution < -0.4 is 4.74 Å². The first-order valence-corrected chi connectivity index (χ1v) is 12.9. The van der Waals surface area contributed by atoms with Gasteiger partial charge in [-0.1, -0.05) is 29.8 Å².